The Bertz CT molecular complexity index is 557. The molecular formula is C19H26O3. The first kappa shape index (κ1) is 15.4. The monoisotopic (exact) mass is 302 g/mol. The van der Waals surface area contributed by atoms with E-state index in [4.69, 9.17) is 4.42 Å². The number of allylic oxidation sites excluding steroid dienone is 1. The van der Waals surface area contributed by atoms with Gasteiger partial charge in [-0.15, -0.1) is 0 Å². The molecule has 0 amide bonds. The first-order chi connectivity index (χ1) is 10.5. The molecule has 3 nitrogen and oxygen atoms in total. The highest BCUT2D eigenvalue weighted by atomic mass is 16.4. The Morgan fingerprint density at radius 2 is 2.23 bits per heavy atom. The molecule has 22 heavy (non-hydrogen) atoms. The summed E-state index contributed by atoms with van der Waals surface area (Å²) in [5.41, 5.74) is 2.15. The molecule has 0 spiro atoms. The van der Waals surface area contributed by atoms with Gasteiger partial charge in [-0.05, 0) is 73.3 Å². The lowest BCUT2D eigenvalue weighted by Gasteiger charge is -2.52. The second kappa shape index (κ2) is 5.94. The summed E-state index contributed by atoms with van der Waals surface area (Å²) >= 11 is 0. The van der Waals surface area contributed by atoms with Crippen LogP contribution in [0.4, 0.5) is 0 Å². The van der Waals surface area contributed by atoms with Crippen LogP contribution in [0.3, 0.4) is 0 Å². The lowest BCUT2D eigenvalue weighted by Crippen LogP contribution is -2.45. The van der Waals surface area contributed by atoms with Crippen molar-refractivity contribution in [2.24, 2.45) is 23.2 Å². The van der Waals surface area contributed by atoms with Crippen LogP contribution in [0.5, 0.6) is 0 Å². The third-order valence-electron chi connectivity index (χ3n) is 6.39. The molecule has 0 aliphatic heterocycles. The largest absolute Gasteiger partial charge is 0.478 e. The van der Waals surface area contributed by atoms with Gasteiger partial charge >= 0.3 is 5.97 Å². The van der Waals surface area contributed by atoms with Gasteiger partial charge in [-0.3, -0.25) is 0 Å². The molecular weight excluding hydrogens is 276 g/mol. The van der Waals surface area contributed by atoms with Gasteiger partial charge in [0.15, 0.2) is 0 Å². The molecule has 1 N–H and O–H groups in total. The number of carboxylic acid groups (broad SMARTS) is 1. The van der Waals surface area contributed by atoms with Crippen molar-refractivity contribution < 1.29 is 14.3 Å². The van der Waals surface area contributed by atoms with Crippen molar-refractivity contribution in [3.8, 4) is 0 Å². The fraction of sp³-hybridized carbons (Fsp3) is 0.632. The fourth-order valence-corrected chi connectivity index (χ4v) is 4.78. The van der Waals surface area contributed by atoms with E-state index < -0.39 is 5.97 Å². The second-order valence-electron chi connectivity index (χ2n) is 7.37. The summed E-state index contributed by atoms with van der Waals surface area (Å²) < 4.78 is 5.18. The third kappa shape index (κ3) is 2.62. The summed E-state index contributed by atoms with van der Waals surface area (Å²) in [5, 5.41) is 9.51. The molecule has 0 radical (unpaired) electrons. The first-order valence-corrected chi connectivity index (χ1v) is 8.47. The van der Waals surface area contributed by atoms with Crippen LogP contribution in [0.15, 0.2) is 34.7 Å². The van der Waals surface area contributed by atoms with Gasteiger partial charge < -0.3 is 9.52 Å². The number of furan rings is 1. The van der Waals surface area contributed by atoms with Crippen LogP contribution in [0.1, 0.15) is 51.5 Å². The van der Waals surface area contributed by atoms with E-state index in [2.05, 4.69) is 13.8 Å². The highest BCUT2D eigenvalue weighted by Crippen LogP contribution is 2.55. The average molecular weight is 302 g/mol. The van der Waals surface area contributed by atoms with E-state index in [0.29, 0.717) is 17.4 Å². The van der Waals surface area contributed by atoms with Crippen LogP contribution in [-0.4, -0.2) is 11.1 Å². The van der Waals surface area contributed by atoms with Gasteiger partial charge in [0.2, 0.25) is 0 Å². The van der Waals surface area contributed by atoms with Gasteiger partial charge in [-0.2, -0.15) is 0 Å². The van der Waals surface area contributed by atoms with Crippen molar-refractivity contribution >= 4 is 5.97 Å². The molecule has 2 aliphatic rings. The number of aryl methyl sites for hydroxylation is 1. The van der Waals surface area contributed by atoms with Crippen molar-refractivity contribution in [1.29, 1.82) is 0 Å². The Morgan fingerprint density at radius 1 is 1.41 bits per heavy atom. The molecule has 1 saturated carbocycles. The quantitative estimate of drug-likeness (QED) is 0.878. The molecule has 1 heterocycles. The Labute approximate surface area is 132 Å². The van der Waals surface area contributed by atoms with E-state index in [1.807, 2.05) is 18.4 Å². The molecule has 0 saturated heterocycles. The summed E-state index contributed by atoms with van der Waals surface area (Å²) in [5.74, 6) is 0.686. The lowest BCUT2D eigenvalue weighted by atomic mass is 9.52. The van der Waals surface area contributed by atoms with Crippen LogP contribution in [0, 0.1) is 23.2 Å². The van der Waals surface area contributed by atoms with E-state index in [1.165, 1.54) is 5.56 Å². The van der Waals surface area contributed by atoms with Crippen molar-refractivity contribution in [2.75, 3.05) is 0 Å². The Balaban J connectivity index is 1.82. The van der Waals surface area contributed by atoms with E-state index in [9.17, 15) is 9.90 Å². The van der Waals surface area contributed by atoms with E-state index in [-0.39, 0.29) is 11.3 Å². The molecule has 1 aromatic rings. The minimum absolute atomic E-state index is 0.217. The maximum atomic E-state index is 11.6. The van der Waals surface area contributed by atoms with E-state index in [1.54, 1.807) is 6.26 Å². The first-order valence-electron chi connectivity index (χ1n) is 8.47. The van der Waals surface area contributed by atoms with Crippen molar-refractivity contribution in [2.45, 2.75) is 52.4 Å². The topological polar surface area (TPSA) is 50.4 Å². The normalized spacial score (nSPS) is 34.8. The van der Waals surface area contributed by atoms with Gasteiger partial charge in [0.05, 0.1) is 12.5 Å². The van der Waals surface area contributed by atoms with Crippen LogP contribution < -0.4 is 0 Å². The lowest BCUT2D eigenvalue weighted by molar-refractivity contribution is -0.134. The zero-order chi connectivity index (χ0) is 15.7. The molecule has 0 bridgehead atoms. The van der Waals surface area contributed by atoms with Crippen LogP contribution in [0.2, 0.25) is 0 Å². The van der Waals surface area contributed by atoms with Crippen LogP contribution >= 0.6 is 0 Å². The van der Waals surface area contributed by atoms with Gasteiger partial charge in [-0.1, -0.05) is 19.9 Å². The average Bonchev–Trinajstić information content (AvgIpc) is 3.02. The maximum Gasteiger partial charge on any atom is 0.331 e. The Hall–Kier alpha value is -1.51. The molecule has 120 valence electrons. The SMILES string of the molecule is C[C@@H]1CCC2C(C(=O)O)=CCCC2[C@@]1(C)CCc1ccoc1. The van der Waals surface area contributed by atoms with Gasteiger partial charge in [0, 0.05) is 5.57 Å². The minimum Gasteiger partial charge on any atom is -0.478 e. The summed E-state index contributed by atoms with van der Waals surface area (Å²) in [7, 11) is 0. The Kier molecular flexibility index (Phi) is 4.16. The number of carboxylic acids is 1. The minimum atomic E-state index is -0.707. The third-order valence-corrected chi connectivity index (χ3v) is 6.39. The molecule has 0 aromatic carbocycles. The highest BCUT2D eigenvalue weighted by Gasteiger charge is 2.48. The fourth-order valence-electron chi connectivity index (χ4n) is 4.78. The smallest absolute Gasteiger partial charge is 0.331 e. The highest BCUT2D eigenvalue weighted by molar-refractivity contribution is 5.87. The number of fused-ring (bicyclic) bond motifs is 1. The predicted octanol–water partition coefficient (Wildman–Crippen LogP) is 4.69. The number of carbonyl (C=O) groups is 1. The van der Waals surface area contributed by atoms with Crippen molar-refractivity contribution in [3.05, 3.63) is 35.8 Å². The zero-order valence-corrected chi connectivity index (χ0v) is 13.5. The van der Waals surface area contributed by atoms with Gasteiger partial charge in [-0.25, -0.2) is 4.79 Å². The molecule has 2 aliphatic carbocycles. The maximum absolute atomic E-state index is 11.6. The number of aliphatic carboxylic acids is 1. The van der Waals surface area contributed by atoms with E-state index >= 15 is 0 Å². The predicted molar refractivity (Wildman–Crippen MR) is 85.5 cm³/mol. The molecule has 1 aromatic heterocycles. The number of rotatable bonds is 4. The summed E-state index contributed by atoms with van der Waals surface area (Å²) in [4.78, 5) is 11.6. The summed E-state index contributed by atoms with van der Waals surface area (Å²) in [6, 6.07) is 2.04. The number of hydrogen-bond donors (Lipinski definition) is 1. The van der Waals surface area contributed by atoms with Gasteiger partial charge in [0.1, 0.15) is 0 Å². The second-order valence-corrected chi connectivity index (χ2v) is 7.37. The van der Waals surface area contributed by atoms with Crippen molar-refractivity contribution in [1.82, 2.24) is 0 Å². The standard InChI is InChI=1S/C19H26O3/c1-13-6-7-15-16(18(20)21)4-3-5-17(15)19(13,2)10-8-14-9-11-22-12-14/h4,9,11-13,15,17H,3,5-8,10H2,1-2H3,(H,20,21)/t13-,15?,17?,19+/m1/s1. The zero-order valence-electron chi connectivity index (χ0n) is 13.5. The molecule has 4 atom stereocenters. The van der Waals surface area contributed by atoms with Gasteiger partial charge in [0.25, 0.3) is 0 Å². The molecule has 3 heteroatoms. The van der Waals surface area contributed by atoms with E-state index in [0.717, 1.165) is 38.5 Å². The molecule has 3 rings (SSSR count). The molecule has 1 fully saturated rings. The Morgan fingerprint density at radius 3 is 2.91 bits per heavy atom. The van der Waals surface area contributed by atoms with Crippen molar-refractivity contribution in [3.63, 3.8) is 0 Å². The number of hydrogen-bond acceptors (Lipinski definition) is 2. The summed E-state index contributed by atoms with van der Waals surface area (Å²) in [6.07, 6.45) is 11.9. The van der Waals surface area contributed by atoms with Crippen LogP contribution in [0.25, 0.3) is 0 Å². The summed E-state index contributed by atoms with van der Waals surface area (Å²) in [6.45, 7) is 4.74. The van der Waals surface area contributed by atoms with Crippen LogP contribution in [-0.2, 0) is 11.2 Å². The molecule has 2 unspecified atom stereocenters.